The van der Waals surface area contributed by atoms with Gasteiger partial charge in [-0.1, -0.05) is 23.2 Å². The Balaban J connectivity index is 2.39. The maximum absolute atomic E-state index is 10.8. The summed E-state index contributed by atoms with van der Waals surface area (Å²) in [4.78, 5) is 15.2. The van der Waals surface area contributed by atoms with Gasteiger partial charge in [0, 0.05) is 13.0 Å². The largest absolute Gasteiger partial charge is 0.370 e. The molecule has 0 aliphatic heterocycles. The van der Waals surface area contributed by atoms with Gasteiger partial charge in [0.25, 0.3) is 0 Å². The number of amides is 1. The molecule has 19 heavy (non-hydrogen) atoms. The van der Waals surface area contributed by atoms with E-state index in [1.54, 1.807) is 12.1 Å². The number of imidazole rings is 1. The van der Waals surface area contributed by atoms with Gasteiger partial charge < -0.3 is 10.3 Å². The van der Waals surface area contributed by atoms with Crippen LogP contribution >= 0.6 is 34.8 Å². The maximum atomic E-state index is 10.8. The Bertz CT molecular complexity index is 624. The van der Waals surface area contributed by atoms with Gasteiger partial charge in [-0.3, -0.25) is 4.79 Å². The van der Waals surface area contributed by atoms with Crippen molar-refractivity contribution in [3.63, 3.8) is 0 Å². The number of primary amides is 1. The topological polar surface area (TPSA) is 60.9 Å². The lowest BCUT2D eigenvalue weighted by atomic mass is 10.2. The summed E-state index contributed by atoms with van der Waals surface area (Å²) in [6, 6.07) is 3.46. The standard InChI is InChI=1S/C12H12Cl3N3O/c13-6-12-17-9-4-7(14)8(15)5-10(9)18(12)3-1-2-11(16)19/h4-5H,1-3,6H2,(H2,16,19). The smallest absolute Gasteiger partial charge is 0.217 e. The van der Waals surface area contributed by atoms with Crippen molar-refractivity contribution in [1.29, 1.82) is 0 Å². The van der Waals surface area contributed by atoms with Crippen LogP contribution in [0.1, 0.15) is 18.7 Å². The number of alkyl halides is 1. The quantitative estimate of drug-likeness (QED) is 0.859. The van der Waals surface area contributed by atoms with E-state index in [2.05, 4.69) is 4.98 Å². The number of carbonyl (C=O) groups excluding carboxylic acids is 1. The first-order valence-electron chi connectivity index (χ1n) is 5.71. The Morgan fingerprint density at radius 1 is 1.32 bits per heavy atom. The Morgan fingerprint density at radius 2 is 2.00 bits per heavy atom. The molecule has 1 aromatic carbocycles. The minimum atomic E-state index is -0.321. The first-order valence-corrected chi connectivity index (χ1v) is 7.00. The van der Waals surface area contributed by atoms with Gasteiger partial charge in [0.2, 0.25) is 5.91 Å². The molecule has 0 atom stereocenters. The molecule has 2 rings (SSSR count). The summed E-state index contributed by atoms with van der Waals surface area (Å²) in [5.74, 6) is 0.679. The molecule has 0 unspecified atom stereocenters. The van der Waals surface area contributed by atoms with Crippen LogP contribution in [0.25, 0.3) is 11.0 Å². The van der Waals surface area contributed by atoms with Crippen molar-refractivity contribution in [2.45, 2.75) is 25.3 Å². The van der Waals surface area contributed by atoms with E-state index in [0.29, 0.717) is 29.4 Å². The SMILES string of the molecule is NC(=O)CCCn1c(CCl)nc2cc(Cl)c(Cl)cc21. The van der Waals surface area contributed by atoms with Gasteiger partial charge in [-0.2, -0.15) is 0 Å². The van der Waals surface area contributed by atoms with Crippen LogP contribution in [0.3, 0.4) is 0 Å². The van der Waals surface area contributed by atoms with Crippen molar-refractivity contribution in [3.8, 4) is 0 Å². The van der Waals surface area contributed by atoms with E-state index in [1.807, 2.05) is 4.57 Å². The fraction of sp³-hybridized carbons (Fsp3) is 0.333. The lowest BCUT2D eigenvalue weighted by Gasteiger charge is -2.07. The molecule has 2 aromatic rings. The molecular formula is C12H12Cl3N3O. The van der Waals surface area contributed by atoms with Crippen LogP contribution in [-0.2, 0) is 17.2 Å². The molecule has 2 N–H and O–H groups in total. The zero-order valence-corrected chi connectivity index (χ0v) is 12.3. The minimum absolute atomic E-state index is 0.278. The van der Waals surface area contributed by atoms with E-state index in [9.17, 15) is 4.79 Å². The van der Waals surface area contributed by atoms with Crippen LogP contribution in [0, 0.1) is 0 Å². The van der Waals surface area contributed by atoms with Gasteiger partial charge in [-0.15, -0.1) is 11.6 Å². The van der Waals surface area contributed by atoms with Gasteiger partial charge in [-0.25, -0.2) is 4.98 Å². The number of nitrogens with two attached hydrogens (primary N) is 1. The average molecular weight is 321 g/mol. The molecule has 0 saturated heterocycles. The highest BCUT2D eigenvalue weighted by Gasteiger charge is 2.12. The van der Waals surface area contributed by atoms with Crippen LogP contribution in [0.2, 0.25) is 10.0 Å². The lowest BCUT2D eigenvalue weighted by Crippen LogP contribution is -2.12. The van der Waals surface area contributed by atoms with Crippen molar-refractivity contribution in [2.75, 3.05) is 0 Å². The Morgan fingerprint density at radius 3 is 2.63 bits per heavy atom. The van der Waals surface area contributed by atoms with Gasteiger partial charge in [-0.05, 0) is 18.6 Å². The van der Waals surface area contributed by atoms with Crippen molar-refractivity contribution in [3.05, 3.63) is 28.0 Å². The van der Waals surface area contributed by atoms with Gasteiger partial charge in [0.1, 0.15) is 5.82 Å². The third-order valence-electron chi connectivity index (χ3n) is 2.79. The van der Waals surface area contributed by atoms with Crippen molar-refractivity contribution >= 4 is 51.7 Å². The number of nitrogens with zero attached hydrogens (tertiary/aromatic N) is 2. The molecule has 0 aliphatic rings. The third kappa shape index (κ3) is 3.14. The maximum Gasteiger partial charge on any atom is 0.217 e. The van der Waals surface area contributed by atoms with E-state index in [1.165, 1.54) is 0 Å². The summed E-state index contributed by atoms with van der Waals surface area (Å²) < 4.78 is 1.94. The van der Waals surface area contributed by atoms with Gasteiger partial charge in [0.15, 0.2) is 0 Å². The minimum Gasteiger partial charge on any atom is -0.370 e. The van der Waals surface area contributed by atoms with Crippen LogP contribution < -0.4 is 5.73 Å². The van der Waals surface area contributed by atoms with Crippen molar-refractivity contribution < 1.29 is 4.79 Å². The molecule has 0 saturated carbocycles. The summed E-state index contributed by atoms with van der Waals surface area (Å²) in [7, 11) is 0. The molecule has 0 spiro atoms. The Hall–Kier alpha value is -0.970. The predicted molar refractivity (Wildman–Crippen MR) is 77.7 cm³/mol. The number of hydrogen-bond acceptors (Lipinski definition) is 2. The fourth-order valence-corrected chi connectivity index (χ4v) is 2.45. The normalized spacial score (nSPS) is 11.1. The van der Waals surface area contributed by atoms with Crippen LogP contribution in [0.4, 0.5) is 0 Å². The molecule has 0 radical (unpaired) electrons. The zero-order chi connectivity index (χ0) is 14.0. The van der Waals surface area contributed by atoms with E-state index in [-0.39, 0.29) is 11.8 Å². The summed E-state index contributed by atoms with van der Waals surface area (Å²) in [6.45, 7) is 0.611. The first-order chi connectivity index (χ1) is 9.02. The number of rotatable bonds is 5. The second kappa shape index (κ2) is 5.99. The predicted octanol–water partition coefficient (Wildman–Crippen LogP) is 3.35. The highest BCUT2D eigenvalue weighted by Crippen LogP contribution is 2.29. The number of aryl methyl sites for hydroxylation is 1. The second-order valence-electron chi connectivity index (χ2n) is 4.14. The molecule has 1 heterocycles. The van der Waals surface area contributed by atoms with Crippen LogP contribution in [0.15, 0.2) is 12.1 Å². The number of hydrogen-bond donors (Lipinski definition) is 1. The molecule has 102 valence electrons. The summed E-state index contributed by atoms with van der Waals surface area (Å²) in [6.07, 6.45) is 0.952. The first kappa shape index (κ1) is 14.4. The number of benzene rings is 1. The molecule has 0 fully saturated rings. The second-order valence-corrected chi connectivity index (χ2v) is 5.22. The molecule has 0 aliphatic carbocycles. The Kier molecular flexibility index (Phi) is 4.55. The summed E-state index contributed by atoms with van der Waals surface area (Å²) in [5, 5.41) is 0.920. The highest BCUT2D eigenvalue weighted by molar-refractivity contribution is 6.42. The molecule has 4 nitrogen and oxygen atoms in total. The molecule has 7 heteroatoms. The monoisotopic (exact) mass is 319 g/mol. The van der Waals surface area contributed by atoms with E-state index < -0.39 is 0 Å². The van der Waals surface area contributed by atoms with Gasteiger partial charge in [0.05, 0.1) is 27.0 Å². The molecule has 0 bridgehead atoms. The van der Waals surface area contributed by atoms with E-state index >= 15 is 0 Å². The van der Waals surface area contributed by atoms with Crippen LogP contribution in [0.5, 0.6) is 0 Å². The summed E-state index contributed by atoms with van der Waals surface area (Å²) in [5.41, 5.74) is 6.73. The molecular weight excluding hydrogens is 309 g/mol. The highest BCUT2D eigenvalue weighted by atomic mass is 35.5. The molecule has 1 amide bonds. The van der Waals surface area contributed by atoms with Crippen LogP contribution in [-0.4, -0.2) is 15.5 Å². The Labute approximate surface area is 125 Å². The fourth-order valence-electron chi connectivity index (χ4n) is 1.93. The number of halogens is 3. The van der Waals surface area contributed by atoms with E-state index in [4.69, 9.17) is 40.5 Å². The third-order valence-corrected chi connectivity index (χ3v) is 3.75. The lowest BCUT2D eigenvalue weighted by molar-refractivity contribution is -0.118. The molecule has 1 aromatic heterocycles. The van der Waals surface area contributed by atoms with Gasteiger partial charge >= 0.3 is 0 Å². The van der Waals surface area contributed by atoms with Crippen molar-refractivity contribution in [2.24, 2.45) is 5.73 Å². The van der Waals surface area contributed by atoms with Crippen molar-refractivity contribution in [1.82, 2.24) is 9.55 Å². The van der Waals surface area contributed by atoms with E-state index in [0.717, 1.165) is 16.9 Å². The number of aromatic nitrogens is 2. The zero-order valence-electron chi connectivity index (χ0n) is 10.00. The average Bonchev–Trinajstić information content (AvgIpc) is 2.67. The number of carbonyl (C=O) groups is 1. The number of fused-ring (bicyclic) bond motifs is 1. The summed E-state index contributed by atoms with van der Waals surface area (Å²) >= 11 is 17.9.